The maximum atomic E-state index is 12.0. The van der Waals surface area contributed by atoms with E-state index in [0.717, 1.165) is 12.1 Å². The second-order valence-electron chi connectivity index (χ2n) is 2.55. The van der Waals surface area contributed by atoms with Gasteiger partial charge in [0.25, 0.3) is 5.78 Å². The van der Waals surface area contributed by atoms with Crippen LogP contribution in [-0.4, -0.2) is 12.0 Å². The number of carbonyl (C=O) groups excluding carboxylic acids is 1. The van der Waals surface area contributed by atoms with E-state index in [4.69, 9.17) is 6.42 Å². The summed E-state index contributed by atoms with van der Waals surface area (Å²) in [5.74, 6) is 0.274. The molecule has 0 radical (unpaired) electrons. The molecular formula is C10H5F3O. The van der Waals surface area contributed by atoms with Crippen molar-refractivity contribution in [3.63, 3.8) is 0 Å². The van der Waals surface area contributed by atoms with Crippen molar-refractivity contribution < 1.29 is 18.0 Å². The minimum atomic E-state index is -4.85. The number of hydrogen-bond acceptors (Lipinski definition) is 1. The third kappa shape index (κ3) is 2.13. The molecule has 0 bridgehead atoms. The number of terminal acetylenes is 1. The monoisotopic (exact) mass is 198 g/mol. The molecule has 0 saturated heterocycles. The molecule has 0 N–H and O–H groups in total. The number of rotatable bonds is 1. The van der Waals surface area contributed by atoms with Gasteiger partial charge < -0.3 is 0 Å². The fourth-order valence-electron chi connectivity index (χ4n) is 0.914. The molecule has 0 fully saturated rings. The normalized spacial score (nSPS) is 10.7. The van der Waals surface area contributed by atoms with Crippen molar-refractivity contribution in [2.75, 3.05) is 0 Å². The first-order valence-corrected chi connectivity index (χ1v) is 3.63. The van der Waals surface area contributed by atoms with E-state index in [1.165, 1.54) is 12.1 Å². The van der Waals surface area contributed by atoms with Gasteiger partial charge in [0, 0.05) is 11.1 Å². The second kappa shape index (κ2) is 3.54. The lowest BCUT2D eigenvalue weighted by Crippen LogP contribution is -2.22. The maximum absolute atomic E-state index is 12.0. The molecule has 0 spiro atoms. The molecule has 0 heterocycles. The lowest BCUT2D eigenvalue weighted by Gasteiger charge is -2.04. The molecule has 14 heavy (non-hydrogen) atoms. The highest BCUT2D eigenvalue weighted by molar-refractivity contribution is 6.00. The van der Waals surface area contributed by atoms with Crippen LogP contribution >= 0.6 is 0 Å². The third-order valence-electron chi connectivity index (χ3n) is 1.55. The molecule has 1 aromatic rings. The molecule has 1 nitrogen and oxygen atoms in total. The SMILES string of the molecule is C#Cc1cccc(C(=O)C(F)(F)F)c1. The lowest BCUT2D eigenvalue weighted by atomic mass is 10.1. The van der Waals surface area contributed by atoms with Crippen molar-refractivity contribution in [2.24, 2.45) is 0 Å². The Morgan fingerprint density at radius 2 is 2.00 bits per heavy atom. The van der Waals surface area contributed by atoms with E-state index in [1.54, 1.807) is 0 Å². The highest BCUT2D eigenvalue weighted by atomic mass is 19.4. The molecule has 0 aromatic heterocycles. The first-order valence-electron chi connectivity index (χ1n) is 3.63. The fraction of sp³-hybridized carbons (Fsp3) is 0.100. The number of benzene rings is 1. The van der Waals surface area contributed by atoms with Crippen LogP contribution in [0.3, 0.4) is 0 Å². The first kappa shape index (κ1) is 10.3. The van der Waals surface area contributed by atoms with Crippen molar-refractivity contribution in [1.29, 1.82) is 0 Å². The number of ketones is 1. The Balaban J connectivity index is 3.10. The summed E-state index contributed by atoms with van der Waals surface area (Å²) in [5.41, 5.74) is -0.187. The van der Waals surface area contributed by atoms with Crippen molar-refractivity contribution in [2.45, 2.75) is 6.18 Å². The average molecular weight is 198 g/mol. The molecule has 1 rings (SSSR count). The Morgan fingerprint density at radius 3 is 2.50 bits per heavy atom. The van der Waals surface area contributed by atoms with Crippen LogP contribution < -0.4 is 0 Å². The summed E-state index contributed by atoms with van der Waals surface area (Å²) in [7, 11) is 0. The van der Waals surface area contributed by atoms with Crippen LogP contribution in [0, 0.1) is 12.3 Å². The second-order valence-corrected chi connectivity index (χ2v) is 2.55. The van der Waals surface area contributed by atoms with E-state index in [-0.39, 0.29) is 5.56 Å². The summed E-state index contributed by atoms with van der Waals surface area (Å²) in [6.07, 6.45) is 0.131. The Morgan fingerprint density at radius 1 is 1.36 bits per heavy atom. The quantitative estimate of drug-likeness (QED) is 0.500. The van der Waals surface area contributed by atoms with Crippen molar-refractivity contribution >= 4 is 5.78 Å². The number of Topliss-reactive ketones (excluding diaryl/α,β-unsaturated/α-hetero) is 1. The van der Waals surface area contributed by atoms with Crippen LogP contribution in [0.25, 0.3) is 0 Å². The van der Waals surface area contributed by atoms with Gasteiger partial charge in [-0.05, 0) is 12.1 Å². The van der Waals surface area contributed by atoms with Gasteiger partial charge in [-0.1, -0.05) is 18.1 Å². The van der Waals surface area contributed by atoms with Crippen LogP contribution in [0.5, 0.6) is 0 Å². The Hall–Kier alpha value is -1.76. The summed E-state index contributed by atoms with van der Waals surface area (Å²) in [6.45, 7) is 0. The largest absolute Gasteiger partial charge is 0.454 e. The highest BCUT2D eigenvalue weighted by Crippen LogP contribution is 2.21. The highest BCUT2D eigenvalue weighted by Gasteiger charge is 2.39. The summed E-state index contributed by atoms with van der Waals surface area (Å²) in [4.78, 5) is 10.7. The van der Waals surface area contributed by atoms with Gasteiger partial charge in [0.1, 0.15) is 0 Å². The van der Waals surface area contributed by atoms with Gasteiger partial charge in [-0.15, -0.1) is 6.42 Å². The molecular weight excluding hydrogens is 193 g/mol. The number of carbonyl (C=O) groups is 1. The van der Waals surface area contributed by atoms with E-state index in [9.17, 15) is 18.0 Å². The zero-order chi connectivity index (χ0) is 10.8. The minimum absolute atomic E-state index is 0.250. The molecule has 1 aromatic carbocycles. The van der Waals surface area contributed by atoms with Gasteiger partial charge >= 0.3 is 6.18 Å². The lowest BCUT2D eigenvalue weighted by molar-refractivity contribution is -0.0885. The van der Waals surface area contributed by atoms with Gasteiger partial charge in [0.05, 0.1) is 0 Å². The molecule has 0 atom stereocenters. The molecule has 72 valence electrons. The standard InChI is InChI=1S/C10H5F3O/c1-2-7-4-3-5-8(6-7)9(14)10(11,12)13/h1,3-6H. The molecule has 0 aliphatic carbocycles. The molecule has 0 aliphatic heterocycles. The molecule has 4 heteroatoms. The number of alkyl halides is 3. The van der Waals surface area contributed by atoms with Crippen LogP contribution in [0.2, 0.25) is 0 Å². The Kier molecular flexibility index (Phi) is 2.61. The predicted molar refractivity (Wildman–Crippen MR) is 44.8 cm³/mol. The van der Waals surface area contributed by atoms with E-state index < -0.39 is 17.5 Å². The van der Waals surface area contributed by atoms with Crippen LogP contribution in [0.1, 0.15) is 15.9 Å². The summed E-state index contributed by atoms with van der Waals surface area (Å²) in [6, 6.07) is 4.88. The van der Waals surface area contributed by atoms with Crippen molar-refractivity contribution in [3.8, 4) is 12.3 Å². The number of hydrogen-bond donors (Lipinski definition) is 0. The third-order valence-corrected chi connectivity index (χ3v) is 1.55. The van der Waals surface area contributed by atoms with Gasteiger partial charge in [-0.25, -0.2) is 0 Å². The summed E-state index contributed by atoms with van der Waals surface area (Å²) in [5, 5.41) is 0. The van der Waals surface area contributed by atoms with Gasteiger partial charge in [-0.3, -0.25) is 4.79 Å². The predicted octanol–water partition coefficient (Wildman–Crippen LogP) is 2.41. The average Bonchev–Trinajstić information content (AvgIpc) is 2.15. The molecule has 0 unspecified atom stereocenters. The van der Waals surface area contributed by atoms with Gasteiger partial charge in [-0.2, -0.15) is 13.2 Å². The Labute approximate surface area is 78.5 Å². The zero-order valence-electron chi connectivity index (χ0n) is 6.93. The summed E-state index contributed by atoms with van der Waals surface area (Å²) < 4.78 is 35.9. The fourth-order valence-corrected chi connectivity index (χ4v) is 0.914. The van der Waals surface area contributed by atoms with E-state index in [1.807, 2.05) is 0 Å². The minimum Gasteiger partial charge on any atom is -0.284 e. The van der Waals surface area contributed by atoms with Gasteiger partial charge in [0.15, 0.2) is 0 Å². The van der Waals surface area contributed by atoms with Crippen LogP contribution in [0.15, 0.2) is 24.3 Å². The van der Waals surface area contributed by atoms with Crippen LogP contribution in [0.4, 0.5) is 13.2 Å². The summed E-state index contributed by atoms with van der Waals surface area (Å²) >= 11 is 0. The zero-order valence-corrected chi connectivity index (χ0v) is 6.93. The topological polar surface area (TPSA) is 17.1 Å². The molecule has 0 aliphatic rings. The molecule has 0 saturated carbocycles. The van der Waals surface area contributed by atoms with Gasteiger partial charge in [0.2, 0.25) is 0 Å². The number of halogens is 3. The van der Waals surface area contributed by atoms with E-state index in [0.29, 0.717) is 0 Å². The van der Waals surface area contributed by atoms with Crippen LogP contribution in [-0.2, 0) is 0 Å². The molecule has 0 amide bonds. The van der Waals surface area contributed by atoms with E-state index >= 15 is 0 Å². The van der Waals surface area contributed by atoms with Crippen molar-refractivity contribution in [3.05, 3.63) is 35.4 Å². The van der Waals surface area contributed by atoms with E-state index in [2.05, 4.69) is 5.92 Å². The van der Waals surface area contributed by atoms with Crippen molar-refractivity contribution in [1.82, 2.24) is 0 Å². The smallest absolute Gasteiger partial charge is 0.284 e. The Bertz CT molecular complexity index is 399. The maximum Gasteiger partial charge on any atom is 0.454 e. The first-order chi connectivity index (χ1) is 6.45.